The van der Waals surface area contributed by atoms with Gasteiger partial charge in [-0.25, -0.2) is 0 Å². The maximum absolute atomic E-state index is 5.55. The fourth-order valence-electron chi connectivity index (χ4n) is 3.43. The maximum atomic E-state index is 5.55. The lowest BCUT2D eigenvalue weighted by molar-refractivity contribution is 0.309. The van der Waals surface area contributed by atoms with Gasteiger partial charge in [0.1, 0.15) is 11.5 Å². The van der Waals surface area contributed by atoms with Gasteiger partial charge in [0.05, 0.1) is 20.1 Å². The van der Waals surface area contributed by atoms with Gasteiger partial charge in [0, 0.05) is 18.7 Å². The van der Waals surface area contributed by atoms with E-state index < -0.39 is 0 Å². The van der Waals surface area contributed by atoms with Crippen molar-refractivity contribution in [1.29, 1.82) is 0 Å². The normalized spacial score (nSPS) is 17.2. The molecule has 2 aromatic carbocycles. The van der Waals surface area contributed by atoms with Gasteiger partial charge in [0.2, 0.25) is 11.7 Å². The summed E-state index contributed by atoms with van der Waals surface area (Å²) in [4.78, 5) is 7.04. The zero-order chi connectivity index (χ0) is 18.6. The van der Waals surface area contributed by atoms with Crippen LogP contribution < -0.4 is 9.47 Å². The first-order valence-corrected chi connectivity index (χ1v) is 9.08. The predicted octanol–water partition coefficient (Wildman–Crippen LogP) is 3.74. The van der Waals surface area contributed by atoms with Crippen molar-refractivity contribution in [1.82, 2.24) is 15.0 Å². The molecular formula is C21H23N3O3. The maximum Gasteiger partial charge on any atom is 0.231 e. The average molecular weight is 365 g/mol. The standard InChI is InChI=1S/C21H23N3O3/c1-25-18-7-3-15(4-8-18)13-24-12-11-17(14-24)21-22-20(23-27-21)16-5-9-19(26-2)10-6-16/h3-10,17H,11-14H2,1-2H3/t17-/m1/s1. The Morgan fingerprint density at radius 1 is 1.00 bits per heavy atom. The molecule has 1 aliphatic heterocycles. The number of rotatable bonds is 6. The third kappa shape index (κ3) is 3.95. The van der Waals surface area contributed by atoms with E-state index in [0.717, 1.165) is 49.0 Å². The Kier molecular flexibility index (Phi) is 5.07. The van der Waals surface area contributed by atoms with Crippen LogP contribution in [0.3, 0.4) is 0 Å². The summed E-state index contributed by atoms with van der Waals surface area (Å²) in [6, 6.07) is 15.9. The molecule has 140 valence electrons. The summed E-state index contributed by atoms with van der Waals surface area (Å²) in [6.07, 6.45) is 1.03. The van der Waals surface area contributed by atoms with Crippen molar-refractivity contribution >= 4 is 0 Å². The lowest BCUT2D eigenvalue weighted by atomic mass is 10.1. The third-order valence-electron chi connectivity index (χ3n) is 4.98. The highest BCUT2D eigenvalue weighted by molar-refractivity contribution is 5.55. The summed E-state index contributed by atoms with van der Waals surface area (Å²) >= 11 is 0. The second-order valence-electron chi connectivity index (χ2n) is 6.75. The van der Waals surface area contributed by atoms with Crippen molar-refractivity contribution < 1.29 is 14.0 Å². The number of likely N-dealkylation sites (tertiary alicyclic amines) is 1. The first-order valence-electron chi connectivity index (χ1n) is 9.08. The van der Waals surface area contributed by atoms with E-state index in [9.17, 15) is 0 Å². The van der Waals surface area contributed by atoms with E-state index in [1.807, 2.05) is 36.4 Å². The Balaban J connectivity index is 1.39. The molecule has 0 amide bonds. The second-order valence-corrected chi connectivity index (χ2v) is 6.75. The molecular weight excluding hydrogens is 342 g/mol. The smallest absolute Gasteiger partial charge is 0.231 e. The van der Waals surface area contributed by atoms with Crippen LogP contribution in [-0.2, 0) is 6.54 Å². The molecule has 0 N–H and O–H groups in total. The summed E-state index contributed by atoms with van der Waals surface area (Å²) in [5, 5.41) is 4.16. The molecule has 1 aromatic heterocycles. The second kappa shape index (κ2) is 7.80. The largest absolute Gasteiger partial charge is 0.497 e. The van der Waals surface area contributed by atoms with Gasteiger partial charge in [-0.05, 0) is 54.9 Å². The fourth-order valence-corrected chi connectivity index (χ4v) is 3.43. The molecule has 27 heavy (non-hydrogen) atoms. The number of hydrogen-bond donors (Lipinski definition) is 0. The first-order chi connectivity index (χ1) is 13.2. The molecule has 0 saturated carbocycles. The van der Waals surface area contributed by atoms with Gasteiger partial charge in [-0.3, -0.25) is 4.90 Å². The Bertz CT molecular complexity index is 874. The molecule has 0 bridgehead atoms. The van der Waals surface area contributed by atoms with Crippen LogP contribution in [0.2, 0.25) is 0 Å². The van der Waals surface area contributed by atoms with Crippen molar-refractivity contribution in [2.24, 2.45) is 0 Å². The predicted molar refractivity (Wildman–Crippen MR) is 102 cm³/mol. The van der Waals surface area contributed by atoms with Gasteiger partial charge >= 0.3 is 0 Å². The molecule has 0 spiro atoms. The van der Waals surface area contributed by atoms with E-state index in [1.54, 1.807) is 14.2 Å². The molecule has 1 aliphatic rings. The Morgan fingerprint density at radius 3 is 2.33 bits per heavy atom. The van der Waals surface area contributed by atoms with Crippen molar-refractivity contribution in [2.75, 3.05) is 27.3 Å². The first kappa shape index (κ1) is 17.5. The minimum Gasteiger partial charge on any atom is -0.497 e. The minimum absolute atomic E-state index is 0.280. The quantitative estimate of drug-likeness (QED) is 0.663. The zero-order valence-electron chi connectivity index (χ0n) is 15.6. The van der Waals surface area contributed by atoms with E-state index in [1.165, 1.54) is 5.56 Å². The molecule has 6 nitrogen and oxygen atoms in total. The van der Waals surface area contributed by atoms with E-state index in [-0.39, 0.29) is 5.92 Å². The molecule has 1 atom stereocenters. The van der Waals surface area contributed by atoms with Gasteiger partial charge in [-0.1, -0.05) is 17.3 Å². The van der Waals surface area contributed by atoms with Gasteiger partial charge in [-0.2, -0.15) is 4.98 Å². The van der Waals surface area contributed by atoms with Crippen LogP contribution >= 0.6 is 0 Å². The monoisotopic (exact) mass is 365 g/mol. The molecule has 4 rings (SSSR count). The molecule has 0 radical (unpaired) electrons. The third-order valence-corrected chi connectivity index (χ3v) is 4.98. The molecule has 6 heteroatoms. The molecule has 3 aromatic rings. The molecule has 0 unspecified atom stereocenters. The lowest BCUT2D eigenvalue weighted by Crippen LogP contribution is -2.19. The number of aromatic nitrogens is 2. The van der Waals surface area contributed by atoms with E-state index in [4.69, 9.17) is 14.0 Å². The van der Waals surface area contributed by atoms with E-state index >= 15 is 0 Å². The lowest BCUT2D eigenvalue weighted by Gasteiger charge is -2.15. The fraction of sp³-hybridized carbons (Fsp3) is 0.333. The SMILES string of the molecule is COc1ccc(CN2CC[C@@H](c3nc(-c4ccc(OC)cc4)no3)C2)cc1. The number of benzene rings is 2. The zero-order valence-corrected chi connectivity index (χ0v) is 15.6. The molecule has 2 heterocycles. The highest BCUT2D eigenvalue weighted by atomic mass is 16.5. The number of hydrogen-bond acceptors (Lipinski definition) is 6. The summed E-state index contributed by atoms with van der Waals surface area (Å²) < 4.78 is 16.0. The van der Waals surface area contributed by atoms with Gasteiger partial charge in [0.15, 0.2) is 0 Å². The Morgan fingerprint density at radius 2 is 1.67 bits per heavy atom. The van der Waals surface area contributed by atoms with Crippen molar-refractivity contribution in [3.63, 3.8) is 0 Å². The molecule has 1 saturated heterocycles. The van der Waals surface area contributed by atoms with Crippen LogP contribution in [0.25, 0.3) is 11.4 Å². The van der Waals surface area contributed by atoms with Crippen molar-refractivity contribution in [3.05, 3.63) is 60.0 Å². The van der Waals surface area contributed by atoms with E-state index in [2.05, 4.69) is 27.2 Å². The minimum atomic E-state index is 0.280. The van der Waals surface area contributed by atoms with Crippen molar-refractivity contribution in [3.8, 4) is 22.9 Å². The van der Waals surface area contributed by atoms with Crippen LogP contribution in [0.4, 0.5) is 0 Å². The van der Waals surface area contributed by atoms with Crippen LogP contribution in [0.15, 0.2) is 53.1 Å². The van der Waals surface area contributed by atoms with Gasteiger partial charge in [0.25, 0.3) is 0 Å². The summed E-state index contributed by atoms with van der Waals surface area (Å²) in [6.45, 7) is 2.87. The Labute approximate surface area is 158 Å². The average Bonchev–Trinajstić information content (AvgIpc) is 3.38. The van der Waals surface area contributed by atoms with Crippen LogP contribution in [-0.4, -0.2) is 42.3 Å². The molecule has 1 fully saturated rings. The number of nitrogens with zero attached hydrogens (tertiary/aromatic N) is 3. The highest BCUT2D eigenvalue weighted by Gasteiger charge is 2.28. The van der Waals surface area contributed by atoms with E-state index in [0.29, 0.717) is 5.82 Å². The van der Waals surface area contributed by atoms with Crippen LogP contribution in [0.1, 0.15) is 23.8 Å². The van der Waals surface area contributed by atoms with Crippen LogP contribution in [0, 0.1) is 0 Å². The van der Waals surface area contributed by atoms with Gasteiger partial charge < -0.3 is 14.0 Å². The topological polar surface area (TPSA) is 60.6 Å². The van der Waals surface area contributed by atoms with Crippen molar-refractivity contribution in [2.45, 2.75) is 18.9 Å². The van der Waals surface area contributed by atoms with Crippen LogP contribution in [0.5, 0.6) is 11.5 Å². The summed E-state index contributed by atoms with van der Waals surface area (Å²) in [5.41, 5.74) is 2.21. The number of ether oxygens (including phenoxy) is 2. The summed E-state index contributed by atoms with van der Waals surface area (Å²) in [7, 11) is 3.34. The van der Waals surface area contributed by atoms with Gasteiger partial charge in [-0.15, -0.1) is 0 Å². The molecule has 0 aliphatic carbocycles. The number of methoxy groups -OCH3 is 2. The summed E-state index contributed by atoms with van der Waals surface area (Å²) in [5.74, 6) is 3.32. The highest BCUT2D eigenvalue weighted by Crippen LogP contribution is 2.29. The Hall–Kier alpha value is -2.86.